The zero-order chi connectivity index (χ0) is 39.5. The summed E-state index contributed by atoms with van der Waals surface area (Å²) < 4.78 is 46.9. The van der Waals surface area contributed by atoms with Crippen LogP contribution in [0.15, 0.2) is 176 Å². The molecule has 0 aliphatic heterocycles. The molecule has 0 saturated carbocycles. The molecule has 58 heavy (non-hydrogen) atoms. The summed E-state index contributed by atoms with van der Waals surface area (Å²) in [6.45, 7) is 0. The Kier molecular flexibility index (Phi) is 8.00. The summed E-state index contributed by atoms with van der Waals surface area (Å²) in [5, 5.41) is 25.3. The number of nitriles is 2. The lowest BCUT2D eigenvalue weighted by molar-refractivity contribution is -0.137. The van der Waals surface area contributed by atoms with Crippen LogP contribution in [0, 0.1) is 22.7 Å². The first-order valence-corrected chi connectivity index (χ1v) is 18.7. The Morgan fingerprint density at radius 2 is 0.879 bits per heavy atom. The van der Waals surface area contributed by atoms with Crippen LogP contribution in [0.1, 0.15) is 16.7 Å². The van der Waals surface area contributed by atoms with Crippen molar-refractivity contribution in [2.75, 3.05) is 0 Å². The number of rotatable bonds is 5. The highest BCUT2D eigenvalue weighted by Crippen LogP contribution is 2.45. The maximum atomic E-state index is 14.2. The van der Waals surface area contributed by atoms with Crippen LogP contribution >= 0.6 is 0 Å². The van der Waals surface area contributed by atoms with E-state index in [-0.39, 0.29) is 5.56 Å². The maximum absolute atomic E-state index is 14.2. The fourth-order valence-corrected chi connectivity index (χ4v) is 8.42. The number of nitrogens with zero attached hydrogens (tertiary/aromatic N) is 4. The Morgan fingerprint density at radius 1 is 0.414 bits per heavy atom. The summed E-state index contributed by atoms with van der Waals surface area (Å²) in [4.78, 5) is 0. The van der Waals surface area contributed by atoms with E-state index in [9.17, 15) is 23.7 Å². The zero-order valence-electron chi connectivity index (χ0n) is 30.7. The molecule has 8 aromatic carbocycles. The molecule has 10 rings (SSSR count). The third-order valence-electron chi connectivity index (χ3n) is 11.0. The fraction of sp³-hybridized carbons (Fsp3) is 0.0196. The molecular weight excluding hydrogens is 726 g/mol. The van der Waals surface area contributed by atoms with Crippen LogP contribution in [0.4, 0.5) is 13.2 Å². The van der Waals surface area contributed by atoms with E-state index in [1.165, 1.54) is 6.07 Å². The van der Waals surface area contributed by atoms with Crippen LogP contribution < -0.4 is 0 Å². The third-order valence-corrected chi connectivity index (χ3v) is 11.0. The van der Waals surface area contributed by atoms with E-state index in [1.807, 2.05) is 109 Å². The monoisotopic (exact) mass is 754 g/mol. The topological polar surface area (TPSA) is 57.4 Å². The highest BCUT2D eigenvalue weighted by Gasteiger charge is 2.32. The molecular formula is C51H29F3N4. The quantitative estimate of drug-likeness (QED) is 0.176. The van der Waals surface area contributed by atoms with Crippen molar-refractivity contribution in [3.8, 4) is 56.9 Å². The number of aromatic nitrogens is 2. The Morgan fingerprint density at radius 3 is 1.34 bits per heavy atom. The second-order valence-electron chi connectivity index (χ2n) is 14.3. The van der Waals surface area contributed by atoms with Gasteiger partial charge in [0.25, 0.3) is 0 Å². The molecule has 0 radical (unpaired) electrons. The van der Waals surface area contributed by atoms with Crippen molar-refractivity contribution in [2.45, 2.75) is 6.18 Å². The Bertz CT molecular complexity index is 3160. The summed E-state index contributed by atoms with van der Waals surface area (Å²) in [5.74, 6) is 0. The minimum atomic E-state index is -4.66. The van der Waals surface area contributed by atoms with E-state index in [0.717, 1.165) is 78.0 Å². The summed E-state index contributed by atoms with van der Waals surface area (Å²) >= 11 is 0. The van der Waals surface area contributed by atoms with Crippen LogP contribution in [-0.4, -0.2) is 9.13 Å². The number of halogens is 3. The number of hydrogen-bond acceptors (Lipinski definition) is 2. The highest BCUT2D eigenvalue weighted by molar-refractivity contribution is 6.13. The number of para-hydroxylation sites is 2. The highest BCUT2D eigenvalue weighted by atomic mass is 19.4. The van der Waals surface area contributed by atoms with E-state index in [2.05, 4.69) is 57.7 Å². The minimum absolute atomic E-state index is 0.140. The first-order valence-electron chi connectivity index (χ1n) is 18.7. The molecule has 274 valence electrons. The molecule has 0 spiro atoms. The van der Waals surface area contributed by atoms with Crippen LogP contribution in [0.3, 0.4) is 0 Å². The fourth-order valence-electron chi connectivity index (χ4n) is 8.42. The van der Waals surface area contributed by atoms with Crippen molar-refractivity contribution in [2.24, 2.45) is 0 Å². The molecule has 0 atom stereocenters. The standard InChI is InChI=1S/C51H29F3N4/c52-51(53,54)38-21-24-39(37(27-38)31-56)50-48(57-44-17-9-7-15-40(44)42-22-19-35(28-46(42)57)33-11-3-1-4-12-33)25-32(30-55)26-49(50)58-45-18-10-8-16-41(45)43-23-20-36(29-47(43)58)34-13-5-2-6-14-34/h1-29H. The molecule has 0 saturated heterocycles. The van der Waals surface area contributed by atoms with Gasteiger partial charge in [0.1, 0.15) is 0 Å². The summed E-state index contributed by atoms with van der Waals surface area (Å²) in [5.41, 5.74) is 8.51. The van der Waals surface area contributed by atoms with Gasteiger partial charge in [0, 0.05) is 32.7 Å². The molecule has 0 fully saturated rings. The van der Waals surface area contributed by atoms with Gasteiger partial charge in [0.05, 0.1) is 62.3 Å². The Labute approximate surface area is 331 Å². The smallest absolute Gasteiger partial charge is 0.308 e. The van der Waals surface area contributed by atoms with Crippen molar-refractivity contribution in [1.29, 1.82) is 10.5 Å². The zero-order valence-corrected chi connectivity index (χ0v) is 30.7. The maximum Gasteiger partial charge on any atom is 0.416 e. The van der Waals surface area contributed by atoms with E-state index in [4.69, 9.17) is 0 Å². The van der Waals surface area contributed by atoms with Crippen LogP contribution in [0.2, 0.25) is 0 Å². The van der Waals surface area contributed by atoms with Crippen molar-refractivity contribution in [3.05, 3.63) is 193 Å². The summed E-state index contributed by atoms with van der Waals surface area (Å²) in [6.07, 6.45) is -4.66. The predicted molar refractivity (Wildman–Crippen MR) is 226 cm³/mol. The van der Waals surface area contributed by atoms with Gasteiger partial charge >= 0.3 is 6.18 Å². The van der Waals surface area contributed by atoms with Gasteiger partial charge in [0.15, 0.2) is 0 Å². The van der Waals surface area contributed by atoms with Gasteiger partial charge in [0.2, 0.25) is 0 Å². The van der Waals surface area contributed by atoms with E-state index in [0.29, 0.717) is 28.1 Å². The molecule has 10 aromatic rings. The van der Waals surface area contributed by atoms with Crippen molar-refractivity contribution >= 4 is 43.6 Å². The number of benzene rings is 8. The van der Waals surface area contributed by atoms with E-state index >= 15 is 0 Å². The SMILES string of the molecule is N#Cc1cc(-n2c3ccccc3c3ccc(-c4ccccc4)cc32)c(-c2ccc(C(F)(F)F)cc2C#N)c(-n2c3ccccc3c3ccc(-c4ccccc4)cc32)c1. The molecule has 0 bridgehead atoms. The van der Waals surface area contributed by atoms with Gasteiger partial charge in [-0.05, 0) is 70.8 Å². The molecule has 7 heteroatoms. The largest absolute Gasteiger partial charge is 0.416 e. The lowest BCUT2D eigenvalue weighted by atomic mass is 9.93. The lowest BCUT2D eigenvalue weighted by Gasteiger charge is -2.22. The van der Waals surface area contributed by atoms with Gasteiger partial charge in [-0.2, -0.15) is 23.7 Å². The predicted octanol–water partition coefficient (Wildman–Crippen LogP) is 13.6. The molecule has 0 unspecified atom stereocenters. The Hall–Kier alpha value is -7.87. The average molecular weight is 755 g/mol. The molecule has 4 nitrogen and oxygen atoms in total. The molecule has 2 heterocycles. The third kappa shape index (κ3) is 5.52. The second-order valence-corrected chi connectivity index (χ2v) is 14.3. The molecule has 0 aliphatic carbocycles. The molecule has 2 aromatic heterocycles. The molecule has 0 N–H and O–H groups in total. The number of alkyl halides is 3. The van der Waals surface area contributed by atoms with E-state index in [1.54, 1.807) is 12.1 Å². The van der Waals surface area contributed by atoms with Crippen LogP contribution in [0.5, 0.6) is 0 Å². The van der Waals surface area contributed by atoms with Gasteiger partial charge < -0.3 is 9.13 Å². The first kappa shape index (κ1) is 34.6. The normalized spacial score (nSPS) is 11.7. The van der Waals surface area contributed by atoms with Crippen molar-refractivity contribution < 1.29 is 13.2 Å². The number of fused-ring (bicyclic) bond motifs is 6. The summed E-state index contributed by atoms with van der Waals surface area (Å²) in [7, 11) is 0. The van der Waals surface area contributed by atoms with Crippen molar-refractivity contribution in [3.63, 3.8) is 0 Å². The van der Waals surface area contributed by atoms with Gasteiger partial charge in [-0.25, -0.2) is 0 Å². The molecule has 0 amide bonds. The second kappa shape index (κ2) is 13.4. The van der Waals surface area contributed by atoms with Crippen LogP contribution in [-0.2, 0) is 6.18 Å². The Balaban J connectivity index is 1.39. The van der Waals surface area contributed by atoms with Crippen LogP contribution in [0.25, 0.3) is 88.4 Å². The molecule has 0 aliphatic rings. The number of hydrogen-bond donors (Lipinski definition) is 0. The lowest BCUT2D eigenvalue weighted by Crippen LogP contribution is -2.08. The first-order chi connectivity index (χ1) is 28.3. The van der Waals surface area contributed by atoms with Gasteiger partial charge in [-0.15, -0.1) is 0 Å². The van der Waals surface area contributed by atoms with Crippen molar-refractivity contribution in [1.82, 2.24) is 9.13 Å². The van der Waals surface area contributed by atoms with E-state index < -0.39 is 11.7 Å². The average Bonchev–Trinajstić information content (AvgIpc) is 3.78. The summed E-state index contributed by atoms with van der Waals surface area (Å²) in [6, 6.07) is 59.9. The minimum Gasteiger partial charge on any atom is -0.308 e. The van der Waals surface area contributed by atoms with Gasteiger partial charge in [-0.1, -0.05) is 127 Å². The van der Waals surface area contributed by atoms with Gasteiger partial charge in [-0.3, -0.25) is 0 Å².